The van der Waals surface area contributed by atoms with Crippen molar-refractivity contribution in [3.8, 4) is 0 Å². The number of carboxylic acid groups (broad SMARTS) is 1. The molecule has 0 aromatic heterocycles. The molecule has 5 fully saturated rings. The van der Waals surface area contributed by atoms with Crippen molar-refractivity contribution < 1.29 is 63.8 Å². The van der Waals surface area contributed by atoms with Gasteiger partial charge >= 0.3 is 11.9 Å². The second kappa shape index (κ2) is 68.3. The number of esters is 1. The normalized spacial score (nSPS) is 16.3. The summed E-state index contributed by atoms with van der Waals surface area (Å²) >= 11 is 5.32. The minimum atomic E-state index is -0.719. The minimum absolute atomic E-state index is 0.0965. The lowest BCUT2D eigenvalue weighted by atomic mass is 9.84. The summed E-state index contributed by atoms with van der Waals surface area (Å²) in [4.78, 5) is 93.9. The maximum atomic E-state index is 12.0. The van der Waals surface area contributed by atoms with Crippen LogP contribution < -0.4 is 11.0 Å². The number of ketones is 3. The van der Waals surface area contributed by atoms with Gasteiger partial charge in [0.2, 0.25) is 17.1 Å². The average Bonchev–Trinajstić information content (AvgIpc) is 2.63. The molecule has 5 aliphatic carbocycles. The molecule has 0 aliphatic heterocycles. The summed E-state index contributed by atoms with van der Waals surface area (Å²) in [6.45, 7) is 22.5. The number of hydrogen-bond acceptors (Lipinski definition) is 15. The molecule has 96 heavy (non-hydrogen) atoms. The summed E-state index contributed by atoms with van der Waals surface area (Å²) in [5.41, 5.74) is 4.22. The molecule has 5 saturated carbocycles. The van der Waals surface area contributed by atoms with Crippen molar-refractivity contribution >= 4 is 63.7 Å². The first-order valence-corrected chi connectivity index (χ1v) is 39.5. The van der Waals surface area contributed by atoms with Crippen molar-refractivity contribution in [1.82, 2.24) is 20.8 Å². The number of oxime groups is 1. The molecule has 0 spiro atoms. The fraction of sp³-hybridized carbons (Fsp3) is 0.883. The molecule has 562 valence electrons. The standard InChI is InChI=1S/C16H28O3.C14H26N2O3.C14H25NO3.C14H24O3.C7H11ClO.2C6H15N/c1-2-19-16(18)13-9-4-3-8-12-15(17)14-10-6-5-7-11-14;17-14(16-19)11-7-2-1-6-10-13(15-18)12-8-4-3-5-9-12;16-13(12-8-4-3-5-9-12)10-6-1-2-7-11-14(17)15-18;15-13(12-8-4-3-5-9-12)10-6-1-2-7-11-14(16)17;8-7(9)6-4-2-1-3-5-6;2*1-4-7(5-2)6-3/h14H,2-13H2,1H3;12,18-19H,1-11H2,(H,16,17);12,18H,1-11H2,(H,15,17);12H,1-11H2,(H,16,17);6H,1-5H2;2*4-6H2,1-3H3. The fourth-order valence-electron chi connectivity index (χ4n) is 13.4. The number of rotatable bonds is 40. The Balaban J connectivity index is 0. The van der Waals surface area contributed by atoms with Gasteiger partial charge < -0.3 is 24.9 Å². The van der Waals surface area contributed by atoms with Crippen molar-refractivity contribution in [2.75, 3.05) is 45.9 Å². The Hall–Kier alpha value is -3.84. The van der Waals surface area contributed by atoms with Gasteiger partial charge in [-0.05, 0) is 180 Å². The molecule has 5 rings (SSSR count). The smallest absolute Gasteiger partial charge is 0.305 e. The van der Waals surface area contributed by atoms with Gasteiger partial charge in [0.25, 0.3) is 0 Å². The Morgan fingerprint density at radius 3 is 0.865 bits per heavy atom. The van der Waals surface area contributed by atoms with Crippen molar-refractivity contribution in [2.45, 2.75) is 363 Å². The van der Waals surface area contributed by atoms with Gasteiger partial charge in [-0.2, -0.15) is 0 Å². The summed E-state index contributed by atoms with van der Waals surface area (Å²) < 4.78 is 4.87. The van der Waals surface area contributed by atoms with E-state index < -0.39 is 5.97 Å². The number of halogens is 1. The highest BCUT2D eigenvalue weighted by molar-refractivity contribution is 6.64. The van der Waals surface area contributed by atoms with Gasteiger partial charge in [0.1, 0.15) is 17.3 Å². The second-order valence-electron chi connectivity index (χ2n) is 27.1. The van der Waals surface area contributed by atoms with Crippen LogP contribution in [0.4, 0.5) is 0 Å². The number of amides is 2. The summed E-state index contributed by atoms with van der Waals surface area (Å²) in [6.07, 6.45) is 49.2. The largest absolute Gasteiger partial charge is 0.481 e. The Morgan fingerprint density at radius 2 is 0.625 bits per heavy atom. The number of aliphatic carboxylic acids is 1. The van der Waals surface area contributed by atoms with Crippen LogP contribution in [0.5, 0.6) is 0 Å². The summed E-state index contributed by atoms with van der Waals surface area (Å²) in [7, 11) is 0. The topological polar surface area (TPSA) is 270 Å². The minimum Gasteiger partial charge on any atom is -0.481 e. The predicted molar refractivity (Wildman–Crippen MR) is 390 cm³/mol. The van der Waals surface area contributed by atoms with Crippen LogP contribution >= 0.6 is 11.6 Å². The van der Waals surface area contributed by atoms with E-state index in [1.165, 1.54) is 136 Å². The van der Waals surface area contributed by atoms with Crippen molar-refractivity contribution in [2.24, 2.45) is 34.7 Å². The maximum absolute atomic E-state index is 12.0. The Kier molecular flexibility index (Phi) is 67.0. The number of ether oxygens (including phenoxy) is 1. The predicted octanol–water partition coefficient (Wildman–Crippen LogP) is 18.9. The van der Waals surface area contributed by atoms with Crippen molar-refractivity contribution in [1.29, 1.82) is 0 Å². The van der Waals surface area contributed by atoms with Crippen LogP contribution in [-0.4, -0.2) is 128 Å². The Bertz CT molecular complexity index is 1920. The molecule has 19 heteroatoms. The van der Waals surface area contributed by atoms with Crippen molar-refractivity contribution in [3.05, 3.63) is 0 Å². The summed E-state index contributed by atoms with van der Waals surface area (Å²) in [6, 6.07) is 0. The third kappa shape index (κ3) is 56.0. The molecule has 0 aromatic carbocycles. The van der Waals surface area contributed by atoms with Gasteiger partial charge in [0, 0.05) is 74.5 Å². The van der Waals surface area contributed by atoms with Gasteiger partial charge in [-0.3, -0.25) is 48.8 Å². The molecular formula is C77H144ClN5O13. The summed E-state index contributed by atoms with van der Waals surface area (Å²) in [5.74, 6) is 1.60. The van der Waals surface area contributed by atoms with Gasteiger partial charge in [-0.25, -0.2) is 11.0 Å². The molecule has 18 nitrogen and oxygen atoms in total. The zero-order chi connectivity index (χ0) is 71.7. The Morgan fingerprint density at radius 1 is 0.365 bits per heavy atom. The van der Waals surface area contributed by atoms with Crippen LogP contribution in [0.3, 0.4) is 0 Å². The number of carboxylic acids is 1. The first-order chi connectivity index (χ1) is 46.4. The van der Waals surface area contributed by atoms with Crippen LogP contribution in [0.2, 0.25) is 0 Å². The van der Waals surface area contributed by atoms with E-state index in [9.17, 15) is 38.4 Å². The van der Waals surface area contributed by atoms with E-state index in [0.29, 0.717) is 79.7 Å². The molecular weight excluding hydrogens is 1240 g/mol. The first kappa shape index (κ1) is 94.2. The average molecular weight is 1380 g/mol. The number of carbonyl (C=O) groups excluding carboxylic acids is 7. The maximum Gasteiger partial charge on any atom is 0.305 e. The molecule has 6 N–H and O–H groups in total. The lowest BCUT2D eigenvalue weighted by Crippen LogP contribution is -2.21. The quantitative estimate of drug-likeness (QED) is 0.00633. The molecule has 0 aromatic rings. The molecule has 0 atom stereocenters. The second-order valence-corrected chi connectivity index (χ2v) is 27.5. The third-order valence-electron chi connectivity index (χ3n) is 19.8. The summed E-state index contributed by atoms with van der Waals surface area (Å²) in [5, 5.41) is 37.6. The van der Waals surface area contributed by atoms with Crippen LogP contribution in [-0.2, 0) is 43.1 Å². The monoisotopic (exact) mass is 1380 g/mol. The highest BCUT2D eigenvalue weighted by atomic mass is 35.5. The van der Waals surface area contributed by atoms with E-state index in [1.807, 2.05) is 6.92 Å². The SMILES string of the molecule is CCN(CC)CC.CCN(CC)CC.CCOC(=O)CCCCCCC(=O)C1CCCCC1.O=C(CCCCCCC(=NO)C1CCCCC1)NO.O=C(CCCCCCC(=O)C1CCCCC1)NO.O=C(Cl)C1CCCCC1.O=C(O)CCCCCCC(=O)C1CCCCC1. The number of hydroxylamine groups is 2. The molecule has 2 amide bonds. The molecule has 0 radical (unpaired) electrons. The zero-order valence-electron chi connectivity index (χ0n) is 62.2. The van der Waals surface area contributed by atoms with Gasteiger partial charge in [0.05, 0.1) is 12.3 Å². The number of hydrogen-bond donors (Lipinski definition) is 6. The van der Waals surface area contributed by atoms with Crippen LogP contribution in [0.1, 0.15) is 363 Å². The number of nitrogens with one attached hydrogen (secondary N) is 2. The van der Waals surface area contributed by atoms with E-state index in [0.717, 1.165) is 185 Å². The van der Waals surface area contributed by atoms with E-state index in [2.05, 4.69) is 56.5 Å². The van der Waals surface area contributed by atoms with Gasteiger partial charge in [0.15, 0.2) is 0 Å². The first-order valence-electron chi connectivity index (χ1n) is 39.1. The van der Waals surface area contributed by atoms with Crippen LogP contribution in [0, 0.1) is 29.6 Å². The zero-order valence-corrected chi connectivity index (χ0v) is 62.9. The van der Waals surface area contributed by atoms with E-state index in [1.54, 1.807) is 11.0 Å². The number of carbonyl (C=O) groups is 8. The van der Waals surface area contributed by atoms with Gasteiger partial charge in [-0.15, -0.1) is 0 Å². The third-order valence-corrected chi connectivity index (χ3v) is 20.1. The Labute approximate surface area is 589 Å². The lowest BCUT2D eigenvalue weighted by molar-refractivity contribution is -0.143. The highest BCUT2D eigenvalue weighted by Gasteiger charge is 2.24. The number of Topliss-reactive ketones (excluding diaryl/α,β-unsaturated/α-hetero) is 3. The molecule has 5 aliphatic rings. The lowest BCUT2D eigenvalue weighted by Gasteiger charge is -2.22. The molecule has 0 heterocycles. The number of nitrogens with zero attached hydrogens (tertiary/aromatic N) is 3. The van der Waals surface area contributed by atoms with Crippen LogP contribution in [0.25, 0.3) is 0 Å². The van der Waals surface area contributed by atoms with E-state index in [4.69, 9.17) is 37.1 Å². The van der Waals surface area contributed by atoms with E-state index >= 15 is 0 Å². The molecule has 0 unspecified atom stereocenters. The van der Waals surface area contributed by atoms with Crippen molar-refractivity contribution in [3.63, 3.8) is 0 Å². The van der Waals surface area contributed by atoms with Crippen LogP contribution in [0.15, 0.2) is 5.16 Å². The fourth-order valence-corrected chi connectivity index (χ4v) is 13.6. The van der Waals surface area contributed by atoms with E-state index in [-0.39, 0.29) is 35.4 Å². The molecule has 0 saturated heterocycles. The highest BCUT2D eigenvalue weighted by Crippen LogP contribution is 2.30. The van der Waals surface area contributed by atoms with Gasteiger partial charge in [-0.1, -0.05) is 194 Å². The number of unbranched alkanes of at least 4 members (excludes halogenated alkanes) is 12. The molecule has 0 bridgehead atoms.